The molecule has 0 heterocycles. The van der Waals surface area contributed by atoms with E-state index >= 15 is 0 Å². The zero-order valence-electron chi connectivity index (χ0n) is 9.41. The number of carbonyl (C=O) groups excluding carboxylic acids is 1. The van der Waals surface area contributed by atoms with Gasteiger partial charge in [0.15, 0.2) is 0 Å². The lowest BCUT2D eigenvalue weighted by atomic mass is 10.0. The fourth-order valence-electron chi connectivity index (χ4n) is 1.67. The third-order valence-electron chi connectivity index (χ3n) is 2.54. The van der Waals surface area contributed by atoms with Crippen molar-refractivity contribution in [2.45, 2.75) is 0 Å². The van der Waals surface area contributed by atoms with Gasteiger partial charge in [-0.1, -0.05) is 30.3 Å². The number of benzene rings is 2. The zero-order chi connectivity index (χ0) is 12.3. The molecule has 3 heteroatoms. The van der Waals surface area contributed by atoms with E-state index in [-0.39, 0.29) is 11.7 Å². The van der Waals surface area contributed by atoms with Crippen molar-refractivity contribution >= 4 is 5.91 Å². The van der Waals surface area contributed by atoms with E-state index in [1.165, 1.54) is 6.07 Å². The van der Waals surface area contributed by atoms with Crippen LogP contribution in [0.1, 0.15) is 10.4 Å². The molecule has 0 fully saturated rings. The number of carbonyl (C=O) groups is 1. The summed E-state index contributed by atoms with van der Waals surface area (Å²) in [4.78, 5) is 11.5. The van der Waals surface area contributed by atoms with Gasteiger partial charge in [0.25, 0.3) is 5.91 Å². The summed E-state index contributed by atoms with van der Waals surface area (Å²) in [7, 11) is 1.57. The summed E-state index contributed by atoms with van der Waals surface area (Å²) in [5.41, 5.74) is 1.72. The Morgan fingerprint density at radius 3 is 2.59 bits per heavy atom. The Hall–Kier alpha value is -2.16. The van der Waals surface area contributed by atoms with Crippen molar-refractivity contribution in [3.05, 3.63) is 59.9 Å². The molecule has 0 unspecified atom stereocenters. The topological polar surface area (TPSA) is 29.1 Å². The van der Waals surface area contributed by atoms with E-state index in [4.69, 9.17) is 0 Å². The van der Waals surface area contributed by atoms with Crippen LogP contribution in [0.25, 0.3) is 11.1 Å². The van der Waals surface area contributed by atoms with Gasteiger partial charge in [-0.05, 0) is 23.8 Å². The molecule has 0 aliphatic heterocycles. The molecule has 0 aliphatic rings. The molecule has 2 rings (SSSR count). The van der Waals surface area contributed by atoms with Crippen LogP contribution in [-0.4, -0.2) is 13.0 Å². The third kappa shape index (κ3) is 2.33. The van der Waals surface area contributed by atoms with Gasteiger partial charge in [-0.3, -0.25) is 4.79 Å². The second-order valence-corrected chi connectivity index (χ2v) is 3.64. The van der Waals surface area contributed by atoms with Crippen molar-refractivity contribution in [2.24, 2.45) is 0 Å². The van der Waals surface area contributed by atoms with Crippen LogP contribution >= 0.6 is 0 Å². The normalized spacial score (nSPS) is 10.0. The summed E-state index contributed by atoms with van der Waals surface area (Å²) in [6, 6.07) is 13.4. The van der Waals surface area contributed by atoms with Crippen LogP contribution in [0.4, 0.5) is 4.39 Å². The monoisotopic (exact) mass is 229 g/mol. The molecule has 0 aliphatic carbocycles. The molecule has 1 N–H and O–H groups in total. The van der Waals surface area contributed by atoms with Gasteiger partial charge in [0.05, 0.1) is 0 Å². The van der Waals surface area contributed by atoms with E-state index < -0.39 is 0 Å². The average Bonchev–Trinajstić information content (AvgIpc) is 2.38. The van der Waals surface area contributed by atoms with Gasteiger partial charge in [-0.2, -0.15) is 0 Å². The van der Waals surface area contributed by atoms with Crippen molar-refractivity contribution in [2.75, 3.05) is 7.05 Å². The minimum atomic E-state index is -0.290. The molecule has 0 radical (unpaired) electrons. The Balaban J connectivity index is 2.47. The maximum atomic E-state index is 13.6. The van der Waals surface area contributed by atoms with Crippen LogP contribution in [0.5, 0.6) is 0 Å². The van der Waals surface area contributed by atoms with Gasteiger partial charge in [-0.15, -0.1) is 0 Å². The van der Waals surface area contributed by atoms with Crippen LogP contribution in [-0.2, 0) is 0 Å². The molecule has 86 valence electrons. The summed E-state index contributed by atoms with van der Waals surface area (Å²) in [6.45, 7) is 0. The first-order chi connectivity index (χ1) is 8.22. The van der Waals surface area contributed by atoms with E-state index in [1.54, 1.807) is 49.5 Å². The zero-order valence-corrected chi connectivity index (χ0v) is 9.41. The molecular formula is C14H12FNO. The van der Waals surface area contributed by atoms with Crippen LogP contribution in [0.3, 0.4) is 0 Å². The van der Waals surface area contributed by atoms with Crippen molar-refractivity contribution in [3.63, 3.8) is 0 Å². The molecule has 0 aromatic heterocycles. The lowest BCUT2D eigenvalue weighted by Gasteiger charge is -2.05. The molecule has 17 heavy (non-hydrogen) atoms. The lowest BCUT2D eigenvalue weighted by Crippen LogP contribution is -2.17. The number of hydrogen-bond donors (Lipinski definition) is 1. The van der Waals surface area contributed by atoms with Crippen molar-refractivity contribution < 1.29 is 9.18 Å². The second kappa shape index (κ2) is 4.78. The molecule has 1 amide bonds. The molecule has 0 bridgehead atoms. The van der Waals surface area contributed by atoms with E-state index in [1.807, 2.05) is 0 Å². The minimum Gasteiger partial charge on any atom is -0.355 e. The number of amides is 1. The fraction of sp³-hybridized carbons (Fsp3) is 0.0714. The number of rotatable bonds is 2. The van der Waals surface area contributed by atoms with Gasteiger partial charge < -0.3 is 5.32 Å². The summed E-state index contributed by atoms with van der Waals surface area (Å²) >= 11 is 0. The van der Waals surface area contributed by atoms with Gasteiger partial charge in [0.2, 0.25) is 0 Å². The smallest absolute Gasteiger partial charge is 0.251 e. The first-order valence-corrected chi connectivity index (χ1v) is 5.29. The molecule has 0 atom stereocenters. The Morgan fingerprint density at radius 1 is 1.12 bits per heavy atom. The minimum absolute atomic E-state index is 0.178. The van der Waals surface area contributed by atoms with Crippen molar-refractivity contribution in [1.82, 2.24) is 5.32 Å². The quantitative estimate of drug-likeness (QED) is 0.842. The van der Waals surface area contributed by atoms with Gasteiger partial charge in [0.1, 0.15) is 5.82 Å². The number of nitrogens with one attached hydrogen (secondary N) is 1. The number of hydrogen-bond acceptors (Lipinski definition) is 1. The average molecular weight is 229 g/mol. The molecule has 2 aromatic rings. The first kappa shape index (κ1) is 11.3. The fourth-order valence-corrected chi connectivity index (χ4v) is 1.67. The predicted molar refractivity (Wildman–Crippen MR) is 65.2 cm³/mol. The molecule has 2 nitrogen and oxygen atoms in total. The number of halogens is 1. The molecule has 0 spiro atoms. The Bertz CT molecular complexity index is 551. The first-order valence-electron chi connectivity index (χ1n) is 5.29. The SMILES string of the molecule is CNC(=O)c1cccc(-c2ccccc2F)c1. The highest BCUT2D eigenvalue weighted by Crippen LogP contribution is 2.23. The van der Waals surface area contributed by atoms with Gasteiger partial charge in [-0.25, -0.2) is 4.39 Å². The molecular weight excluding hydrogens is 217 g/mol. The van der Waals surface area contributed by atoms with Crippen molar-refractivity contribution in [1.29, 1.82) is 0 Å². The summed E-state index contributed by atoms with van der Waals surface area (Å²) in [5, 5.41) is 2.54. The standard InChI is InChI=1S/C14H12FNO/c1-16-14(17)11-6-4-5-10(9-11)12-7-2-3-8-13(12)15/h2-9H,1H3,(H,16,17). The molecule has 2 aromatic carbocycles. The van der Waals surface area contributed by atoms with Crippen molar-refractivity contribution in [3.8, 4) is 11.1 Å². The molecule has 0 saturated carbocycles. The Morgan fingerprint density at radius 2 is 1.88 bits per heavy atom. The third-order valence-corrected chi connectivity index (χ3v) is 2.54. The van der Waals surface area contributed by atoms with Crippen LogP contribution in [0.2, 0.25) is 0 Å². The highest BCUT2D eigenvalue weighted by Gasteiger charge is 2.07. The highest BCUT2D eigenvalue weighted by atomic mass is 19.1. The van der Waals surface area contributed by atoms with Crippen LogP contribution in [0, 0.1) is 5.82 Å². The predicted octanol–water partition coefficient (Wildman–Crippen LogP) is 2.85. The van der Waals surface area contributed by atoms with E-state index in [2.05, 4.69) is 5.32 Å². The van der Waals surface area contributed by atoms with E-state index in [0.29, 0.717) is 16.7 Å². The van der Waals surface area contributed by atoms with Gasteiger partial charge in [0, 0.05) is 18.2 Å². The van der Waals surface area contributed by atoms with E-state index in [9.17, 15) is 9.18 Å². The maximum Gasteiger partial charge on any atom is 0.251 e. The Labute approximate surface area is 99.1 Å². The van der Waals surface area contributed by atoms with Crippen LogP contribution in [0.15, 0.2) is 48.5 Å². The van der Waals surface area contributed by atoms with Gasteiger partial charge >= 0.3 is 0 Å². The second-order valence-electron chi connectivity index (χ2n) is 3.64. The maximum absolute atomic E-state index is 13.6. The Kier molecular flexibility index (Phi) is 3.19. The van der Waals surface area contributed by atoms with E-state index in [0.717, 1.165) is 0 Å². The summed E-state index contributed by atoms with van der Waals surface area (Å²) < 4.78 is 13.6. The summed E-state index contributed by atoms with van der Waals surface area (Å²) in [6.07, 6.45) is 0. The van der Waals surface area contributed by atoms with Crippen LogP contribution < -0.4 is 5.32 Å². The lowest BCUT2D eigenvalue weighted by molar-refractivity contribution is 0.0963. The summed E-state index contributed by atoms with van der Waals surface area (Å²) in [5.74, 6) is -0.468. The largest absolute Gasteiger partial charge is 0.355 e. The molecule has 0 saturated heterocycles. The highest BCUT2D eigenvalue weighted by molar-refractivity contribution is 5.95.